The Morgan fingerprint density at radius 1 is 0.967 bits per heavy atom. The summed E-state index contributed by atoms with van der Waals surface area (Å²) in [4.78, 5) is 21.0. The number of hydrogen-bond acceptors (Lipinski definition) is 2. The van der Waals surface area contributed by atoms with Gasteiger partial charge in [-0.1, -0.05) is 60.1 Å². The van der Waals surface area contributed by atoms with Gasteiger partial charge < -0.3 is 4.98 Å². The highest BCUT2D eigenvalue weighted by molar-refractivity contribution is 6.30. The number of H-pyrrole nitrogens is 2. The summed E-state index contributed by atoms with van der Waals surface area (Å²) in [6.07, 6.45) is 0.531. The average molecular weight is 415 g/mol. The summed E-state index contributed by atoms with van der Waals surface area (Å²) in [5, 5.41) is 3.83. The molecule has 0 fully saturated rings. The van der Waals surface area contributed by atoms with Crippen molar-refractivity contribution in [1.82, 2.24) is 19.7 Å². The van der Waals surface area contributed by atoms with E-state index in [1.165, 1.54) is 4.68 Å². The Morgan fingerprint density at radius 2 is 1.73 bits per heavy atom. The lowest BCUT2D eigenvalue weighted by Gasteiger charge is -2.00. The van der Waals surface area contributed by atoms with Crippen LogP contribution in [0.15, 0.2) is 77.6 Å². The smallest absolute Gasteiger partial charge is 0.277 e. The molecule has 5 aromatic rings. The summed E-state index contributed by atoms with van der Waals surface area (Å²) in [6.45, 7) is 1.90. The first-order valence-corrected chi connectivity index (χ1v) is 10.1. The van der Waals surface area contributed by atoms with Crippen molar-refractivity contribution >= 4 is 22.6 Å². The third-order valence-corrected chi connectivity index (χ3v) is 5.53. The fourth-order valence-electron chi connectivity index (χ4n) is 3.66. The molecule has 0 saturated carbocycles. The topological polar surface area (TPSA) is 66.5 Å². The fourth-order valence-corrected chi connectivity index (χ4v) is 3.78. The van der Waals surface area contributed by atoms with Gasteiger partial charge in [0.2, 0.25) is 5.95 Å². The van der Waals surface area contributed by atoms with Crippen LogP contribution >= 0.6 is 11.6 Å². The molecule has 3 aromatic carbocycles. The maximum atomic E-state index is 13.1. The Labute approximate surface area is 178 Å². The molecule has 6 heteroatoms. The van der Waals surface area contributed by atoms with E-state index in [0.717, 1.165) is 33.4 Å². The number of hydrogen-bond donors (Lipinski definition) is 2. The van der Waals surface area contributed by atoms with Gasteiger partial charge in [-0.2, -0.15) is 4.68 Å². The number of benzene rings is 3. The summed E-state index contributed by atoms with van der Waals surface area (Å²) in [7, 11) is 0. The number of aromatic nitrogens is 4. The normalized spacial score (nSPS) is 11.3. The summed E-state index contributed by atoms with van der Waals surface area (Å²) >= 11 is 5.97. The zero-order valence-electron chi connectivity index (χ0n) is 16.3. The van der Waals surface area contributed by atoms with Crippen molar-refractivity contribution in [3.8, 4) is 17.1 Å². The molecule has 0 aliphatic heterocycles. The van der Waals surface area contributed by atoms with Gasteiger partial charge >= 0.3 is 0 Å². The Bertz CT molecular complexity index is 1400. The molecule has 0 aliphatic carbocycles. The lowest BCUT2D eigenvalue weighted by atomic mass is 10.1. The lowest BCUT2D eigenvalue weighted by molar-refractivity contribution is 0.790. The molecule has 30 heavy (non-hydrogen) atoms. The van der Waals surface area contributed by atoms with Gasteiger partial charge in [0.15, 0.2) is 0 Å². The molecule has 0 saturated heterocycles. The predicted octanol–water partition coefficient (Wildman–Crippen LogP) is 5.26. The maximum Gasteiger partial charge on any atom is 0.277 e. The molecule has 5 rings (SSSR count). The molecule has 0 unspecified atom stereocenters. The molecule has 5 nitrogen and oxygen atoms in total. The lowest BCUT2D eigenvalue weighted by Crippen LogP contribution is -2.18. The third kappa shape index (κ3) is 3.33. The van der Waals surface area contributed by atoms with Crippen LogP contribution in [0, 0.1) is 6.92 Å². The van der Waals surface area contributed by atoms with E-state index >= 15 is 0 Å². The van der Waals surface area contributed by atoms with Crippen molar-refractivity contribution in [3.63, 3.8) is 0 Å². The van der Waals surface area contributed by atoms with E-state index in [2.05, 4.69) is 33.3 Å². The van der Waals surface area contributed by atoms with Gasteiger partial charge in [0.25, 0.3) is 5.56 Å². The van der Waals surface area contributed by atoms with Crippen LogP contribution in [0.3, 0.4) is 0 Å². The quantitative estimate of drug-likeness (QED) is 0.421. The summed E-state index contributed by atoms with van der Waals surface area (Å²) in [6, 6.07) is 23.8. The minimum absolute atomic E-state index is 0.107. The van der Waals surface area contributed by atoms with Gasteiger partial charge in [0, 0.05) is 22.7 Å². The number of imidazole rings is 1. The molecule has 0 amide bonds. The molecular formula is C24H19ClN4O. The second-order valence-electron chi connectivity index (χ2n) is 7.32. The van der Waals surface area contributed by atoms with Gasteiger partial charge in [0.1, 0.15) is 0 Å². The van der Waals surface area contributed by atoms with E-state index in [4.69, 9.17) is 11.6 Å². The van der Waals surface area contributed by atoms with Crippen molar-refractivity contribution in [3.05, 3.63) is 105 Å². The number of halogens is 1. The first-order chi connectivity index (χ1) is 14.6. The highest BCUT2D eigenvalue weighted by Crippen LogP contribution is 2.24. The molecule has 2 aromatic heterocycles. The van der Waals surface area contributed by atoms with Crippen molar-refractivity contribution in [2.24, 2.45) is 0 Å². The van der Waals surface area contributed by atoms with Crippen LogP contribution in [0.25, 0.3) is 28.1 Å². The van der Waals surface area contributed by atoms with E-state index in [0.29, 0.717) is 23.0 Å². The number of nitrogens with zero attached hydrogens (tertiary/aromatic N) is 2. The second kappa shape index (κ2) is 7.35. The standard InChI is InChI=1S/C24H19ClN4O/c1-15-20(13-16-7-10-19(25)11-8-16)23(30)29(28-15)24-26-21-12-9-18(14-22(21)27-24)17-5-3-2-4-6-17/h2-12,14,28H,13H2,1H3,(H,26,27). The Hall–Kier alpha value is -3.57. The predicted molar refractivity (Wildman–Crippen MR) is 120 cm³/mol. The molecule has 0 radical (unpaired) electrons. The molecule has 0 aliphatic rings. The van der Waals surface area contributed by atoms with Crippen molar-refractivity contribution in [2.45, 2.75) is 13.3 Å². The minimum atomic E-state index is -0.107. The molecule has 0 bridgehead atoms. The monoisotopic (exact) mass is 414 g/mol. The largest absolute Gasteiger partial charge is 0.322 e. The van der Waals surface area contributed by atoms with E-state index in [9.17, 15) is 4.79 Å². The first-order valence-electron chi connectivity index (χ1n) is 9.69. The van der Waals surface area contributed by atoms with Crippen LogP contribution in [-0.2, 0) is 6.42 Å². The zero-order chi connectivity index (χ0) is 20.7. The van der Waals surface area contributed by atoms with E-state index in [1.807, 2.05) is 61.5 Å². The van der Waals surface area contributed by atoms with Crippen LogP contribution < -0.4 is 5.56 Å². The van der Waals surface area contributed by atoms with E-state index < -0.39 is 0 Å². The minimum Gasteiger partial charge on any atom is -0.322 e. The van der Waals surface area contributed by atoms with Crippen molar-refractivity contribution in [1.29, 1.82) is 0 Å². The highest BCUT2D eigenvalue weighted by atomic mass is 35.5. The van der Waals surface area contributed by atoms with Gasteiger partial charge in [-0.25, -0.2) is 4.98 Å². The van der Waals surface area contributed by atoms with Crippen LogP contribution in [0.2, 0.25) is 5.02 Å². The Morgan fingerprint density at radius 3 is 2.50 bits per heavy atom. The summed E-state index contributed by atoms with van der Waals surface area (Å²) in [5.74, 6) is 0.477. The Kier molecular flexibility index (Phi) is 4.52. The number of aryl methyl sites for hydroxylation is 1. The molecule has 2 heterocycles. The van der Waals surface area contributed by atoms with Crippen molar-refractivity contribution in [2.75, 3.05) is 0 Å². The summed E-state index contributed by atoms with van der Waals surface area (Å²) < 4.78 is 1.47. The summed E-state index contributed by atoms with van der Waals surface area (Å²) in [5.41, 5.74) is 6.37. The van der Waals surface area contributed by atoms with E-state index in [-0.39, 0.29) is 5.56 Å². The van der Waals surface area contributed by atoms with E-state index in [1.54, 1.807) is 0 Å². The van der Waals surface area contributed by atoms with Crippen LogP contribution in [0.1, 0.15) is 16.8 Å². The Balaban J connectivity index is 1.52. The second-order valence-corrected chi connectivity index (χ2v) is 7.75. The molecule has 2 N–H and O–H groups in total. The van der Waals surface area contributed by atoms with Gasteiger partial charge in [-0.15, -0.1) is 0 Å². The van der Waals surface area contributed by atoms with Gasteiger partial charge in [-0.05, 0) is 47.9 Å². The third-order valence-electron chi connectivity index (χ3n) is 5.28. The number of rotatable bonds is 4. The molecular weight excluding hydrogens is 396 g/mol. The van der Waals surface area contributed by atoms with Crippen molar-refractivity contribution < 1.29 is 0 Å². The number of nitrogens with one attached hydrogen (secondary N) is 2. The molecule has 0 spiro atoms. The van der Waals surface area contributed by atoms with Crippen LogP contribution in [0.4, 0.5) is 0 Å². The molecule has 148 valence electrons. The number of fused-ring (bicyclic) bond motifs is 1. The average Bonchev–Trinajstić information content (AvgIpc) is 3.31. The highest BCUT2D eigenvalue weighted by Gasteiger charge is 2.16. The SMILES string of the molecule is Cc1[nH]n(-c2nc3ccc(-c4ccccc4)cc3[nH]2)c(=O)c1Cc1ccc(Cl)cc1. The molecule has 0 atom stereocenters. The maximum absolute atomic E-state index is 13.1. The first kappa shape index (κ1) is 18.5. The zero-order valence-corrected chi connectivity index (χ0v) is 17.1. The van der Waals surface area contributed by atoms with Crippen LogP contribution in [-0.4, -0.2) is 19.7 Å². The number of aromatic amines is 2. The van der Waals surface area contributed by atoms with Gasteiger partial charge in [0.05, 0.1) is 11.0 Å². The van der Waals surface area contributed by atoms with Crippen LogP contribution in [0.5, 0.6) is 0 Å². The fraction of sp³-hybridized carbons (Fsp3) is 0.0833. The van der Waals surface area contributed by atoms with Gasteiger partial charge in [-0.3, -0.25) is 9.89 Å².